The minimum absolute atomic E-state index is 0.0555. The molecule has 0 saturated heterocycles. The molecule has 0 aromatic heterocycles. The van der Waals surface area contributed by atoms with Crippen molar-refractivity contribution in [1.29, 1.82) is 0 Å². The lowest BCUT2D eigenvalue weighted by atomic mass is 9.96. The van der Waals surface area contributed by atoms with Crippen LogP contribution in [0.4, 0.5) is 0 Å². The molecule has 134 valence electrons. The van der Waals surface area contributed by atoms with Gasteiger partial charge in [-0.05, 0) is 29.5 Å². The molecule has 1 aliphatic rings. The lowest BCUT2D eigenvalue weighted by Gasteiger charge is -2.26. The Labute approximate surface area is 156 Å². The molecule has 0 saturated carbocycles. The fourth-order valence-electron chi connectivity index (χ4n) is 3.43. The summed E-state index contributed by atoms with van der Waals surface area (Å²) in [6.07, 6.45) is 1.88. The summed E-state index contributed by atoms with van der Waals surface area (Å²) in [5.74, 6) is 6.25. The van der Waals surface area contributed by atoms with Gasteiger partial charge in [-0.3, -0.25) is 9.69 Å². The van der Waals surface area contributed by atoms with Crippen molar-refractivity contribution >= 4 is 5.91 Å². The van der Waals surface area contributed by atoms with Gasteiger partial charge >= 0.3 is 0 Å². The molecule has 3 heteroatoms. The van der Waals surface area contributed by atoms with Crippen molar-refractivity contribution in [1.82, 2.24) is 10.2 Å². The maximum absolute atomic E-state index is 12.4. The second-order valence-corrected chi connectivity index (χ2v) is 6.67. The number of nitrogens with zero attached hydrogens (tertiary/aromatic N) is 1. The quantitative estimate of drug-likeness (QED) is 0.842. The van der Waals surface area contributed by atoms with Gasteiger partial charge in [-0.1, -0.05) is 73.4 Å². The van der Waals surface area contributed by atoms with Gasteiger partial charge in [0.1, 0.15) is 0 Å². The smallest absolute Gasteiger partial charge is 0.228 e. The van der Waals surface area contributed by atoms with Crippen molar-refractivity contribution in [2.45, 2.75) is 32.2 Å². The standard InChI is InChI=1S/C23H26N2O/c1-2-22(20-11-4-3-5-12-20)23(26)24-15-8-9-16-25-17-14-19-10-6-7-13-21(19)18-25/h3-7,10-13,22H,2,14-18H2,1H3,(H,24,26). The largest absolute Gasteiger partial charge is 0.345 e. The van der Waals surface area contributed by atoms with Crippen LogP contribution < -0.4 is 5.32 Å². The van der Waals surface area contributed by atoms with E-state index >= 15 is 0 Å². The zero-order valence-corrected chi connectivity index (χ0v) is 15.4. The zero-order chi connectivity index (χ0) is 18.2. The van der Waals surface area contributed by atoms with Gasteiger partial charge < -0.3 is 5.32 Å². The number of fused-ring (bicyclic) bond motifs is 1. The van der Waals surface area contributed by atoms with Crippen LogP contribution in [0.1, 0.15) is 36.0 Å². The summed E-state index contributed by atoms with van der Waals surface area (Å²) >= 11 is 0. The molecule has 0 spiro atoms. The summed E-state index contributed by atoms with van der Waals surface area (Å²) in [4.78, 5) is 14.7. The molecule has 1 amide bonds. The predicted molar refractivity (Wildman–Crippen MR) is 106 cm³/mol. The summed E-state index contributed by atoms with van der Waals surface area (Å²) in [7, 11) is 0. The average molecular weight is 346 g/mol. The third kappa shape index (κ3) is 4.74. The molecule has 1 aliphatic heterocycles. The fourth-order valence-corrected chi connectivity index (χ4v) is 3.43. The van der Waals surface area contributed by atoms with E-state index in [9.17, 15) is 4.79 Å². The number of hydrogen-bond donors (Lipinski definition) is 1. The molecule has 0 bridgehead atoms. The SMILES string of the molecule is CCC(C(=O)NCC#CCN1CCc2ccccc2C1)c1ccccc1. The summed E-state index contributed by atoms with van der Waals surface area (Å²) in [6, 6.07) is 18.5. The maximum atomic E-state index is 12.4. The summed E-state index contributed by atoms with van der Waals surface area (Å²) in [5, 5.41) is 2.95. The number of amides is 1. The molecule has 0 fully saturated rings. The van der Waals surface area contributed by atoms with Crippen LogP contribution in [0.3, 0.4) is 0 Å². The van der Waals surface area contributed by atoms with E-state index in [1.807, 2.05) is 37.3 Å². The molecule has 2 aromatic carbocycles. The van der Waals surface area contributed by atoms with E-state index < -0.39 is 0 Å². The van der Waals surface area contributed by atoms with Gasteiger partial charge in [-0.2, -0.15) is 0 Å². The van der Waals surface area contributed by atoms with Crippen LogP contribution in [-0.2, 0) is 17.8 Å². The number of carbonyl (C=O) groups excluding carboxylic acids is 1. The molecule has 1 atom stereocenters. The first kappa shape index (κ1) is 18.2. The molecule has 0 radical (unpaired) electrons. The third-order valence-corrected chi connectivity index (χ3v) is 4.92. The topological polar surface area (TPSA) is 32.3 Å². The van der Waals surface area contributed by atoms with Gasteiger partial charge in [0, 0.05) is 13.1 Å². The third-order valence-electron chi connectivity index (χ3n) is 4.92. The summed E-state index contributed by atoms with van der Waals surface area (Å²) < 4.78 is 0. The minimum atomic E-state index is -0.100. The molecule has 1 unspecified atom stereocenters. The van der Waals surface area contributed by atoms with Crippen LogP contribution in [0.2, 0.25) is 0 Å². The summed E-state index contributed by atoms with van der Waals surface area (Å²) in [6.45, 7) is 5.21. The molecular weight excluding hydrogens is 320 g/mol. The highest BCUT2D eigenvalue weighted by molar-refractivity contribution is 5.83. The first-order chi connectivity index (χ1) is 12.8. The highest BCUT2D eigenvalue weighted by Gasteiger charge is 2.17. The van der Waals surface area contributed by atoms with Gasteiger partial charge in [0.15, 0.2) is 0 Å². The van der Waals surface area contributed by atoms with Crippen LogP contribution in [0.25, 0.3) is 0 Å². The number of benzene rings is 2. The molecule has 3 nitrogen and oxygen atoms in total. The molecule has 3 rings (SSSR count). The molecular formula is C23H26N2O. The van der Waals surface area contributed by atoms with Crippen molar-refractivity contribution in [2.24, 2.45) is 0 Å². The van der Waals surface area contributed by atoms with E-state index in [0.717, 1.165) is 38.0 Å². The van der Waals surface area contributed by atoms with Crippen molar-refractivity contribution in [3.05, 3.63) is 71.3 Å². The van der Waals surface area contributed by atoms with Crippen molar-refractivity contribution in [2.75, 3.05) is 19.6 Å². The highest BCUT2D eigenvalue weighted by atomic mass is 16.1. The molecule has 2 aromatic rings. The Balaban J connectivity index is 1.45. The van der Waals surface area contributed by atoms with Gasteiger partial charge in [-0.25, -0.2) is 0 Å². The average Bonchev–Trinajstić information content (AvgIpc) is 2.69. The lowest BCUT2D eigenvalue weighted by Crippen LogP contribution is -2.31. The van der Waals surface area contributed by atoms with Gasteiger partial charge in [0.25, 0.3) is 0 Å². The normalized spacial score (nSPS) is 14.7. The van der Waals surface area contributed by atoms with E-state index in [0.29, 0.717) is 6.54 Å². The van der Waals surface area contributed by atoms with E-state index in [1.165, 1.54) is 11.1 Å². The number of hydrogen-bond acceptors (Lipinski definition) is 2. The first-order valence-electron chi connectivity index (χ1n) is 9.35. The van der Waals surface area contributed by atoms with Crippen LogP contribution in [0, 0.1) is 11.8 Å². The Morgan fingerprint density at radius 3 is 2.58 bits per heavy atom. The molecule has 1 N–H and O–H groups in total. The van der Waals surface area contributed by atoms with Gasteiger partial charge in [-0.15, -0.1) is 0 Å². The Kier molecular flexibility index (Phi) is 6.46. The molecule has 1 heterocycles. The van der Waals surface area contributed by atoms with Gasteiger partial charge in [0.2, 0.25) is 5.91 Å². The highest BCUT2D eigenvalue weighted by Crippen LogP contribution is 2.19. The Bertz CT molecular complexity index is 789. The Hall–Kier alpha value is -2.57. The molecule has 0 aliphatic carbocycles. The van der Waals surface area contributed by atoms with Crippen molar-refractivity contribution in [3.63, 3.8) is 0 Å². The van der Waals surface area contributed by atoms with E-state index in [1.54, 1.807) is 0 Å². The molecule has 26 heavy (non-hydrogen) atoms. The monoisotopic (exact) mass is 346 g/mol. The Morgan fingerprint density at radius 1 is 1.08 bits per heavy atom. The Morgan fingerprint density at radius 2 is 1.81 bits per heavy atom. The predicted octanol–water partition coefficient (Wildman–Crippen LogP) is 3.36. The van der Waals surface area contributed by atoms with E-state index in [-0.39, 0.29) is 11.8 Å². The first-order valence-corrected chi connectivity index (χ1v) is 9.35. The van der Waals surface area contributed by atoms with Crippen LogP contribution in [0.15, 0.2) is 54.6 Å². The van der Waals surface area contributed by atoms with Crippen LogP contribution in [0.5, 0.6) is 0 Å². The number of carbonyl (C=O) groups is 1. The van der Waals surface area contributed by atoms with Crippen LogP contribution in [-0.4, -0.2) is 30.4 Å². The second kappa shape index (κ2) is 9.22. The summed E-state index contributed by atoms with van der Waals surface area (Å²) in [5.41, 5.74) is 3.92. The van der Waals surface area contributed by atoms with Crippen LogP contribution >= 0.6 is 0 Å². The number of nitrogens with one attached hydrogen (secondary N) is 1. The zero-order valence-electron chi connectivity index (χ0n) is 15.4. The lowest BCUT2D eigenvalue weighted by molar-refractivity contribution is -0.122. The maximum Gasteiger partial charge on any atom is 0.228 e. The number of rotatable bonds is 5. The van der Waals surface area contributed by atoms with E-state index in [2.05, 4.69) is 46.3 Å². The minimum Gasteiger partial charge on any atom is -0.345 e. The fraction of sp³-hybridized carbons (Fsp3) is 0.348. The van der Waals surface area contributed by atoms with E-state index in [4.69, 9.17) is 0 Å². The second-order valence-electron chi connectivity index (χ2n) is 6.67. The van der Waals surface area contributed by atoms with Gasteiger partial charge in [0.05, 0.1) is 19.0 Å². The van der Waals surface area contributed by atoms with Crippen molar-refractivity contribution < 1.29 is 4.79 Å². The van der Waals surface area contributed by atoms with Crippen molar-refractivity contribution in [3.8, 4) is 11.8 Å².